The minimum atomic E-state index is -3.87. The number of hydrogen-bond donors (Lipinski definition) is 4. The number of sulfonamides is 1. The minimum absolute atomic E-state index is 0.0550. The van der Waals surface area contributed by atoms with Crippen LogP contribution in [0.4, 0.5) is 0 Å². The number of amides is 1. The molecule has 1 unspecified atom stereocenters. The fraction of sp³-hybridized carbons (Fsp3) is 0.538. The van der Waals surface area contributed by atoms with Crippen molar-refractivity contribution >= 4 is 32.7 Å². The van der Waals surface area contributed by atoms with Crippen LogP contribution in [0.3, 0.4) is 0 Å². The van der Waals surface area contributed by atoms with Crippen molar-refractivity contribution in [2.75, 3.05) is 19.6 Å². The normalized spacial score (nSPS) is 20.5. The Balaban J connectivity index is 1.46. The average Bonchev–Trinajstić information content (AvgIpc) is 2.87. The highest BCUT2D eigenvalue weighted by molar-refractivity contribution is 7.89. The lowest BCUT2D eigenvalue weighted by molar-refractivity contribution is -0.123. The van der Waals surface area contributed by atoms with Crippen LogP contribution in [0, 0.1) is 17.2 Å². The van der Waals surface area contributed by atoms with Crippen molar-refractivity contribution in [2.45, 2.75) is 62.3 Å². The highest BCUT2D eigenvalue weighted by Crippen LogP contribution is 2.28. The van der Waals surface area contributed by atoms with Crippen molar-refractivity contribution in [1.29, 1.82) is 5.41 Å². The lowest BCUT2D eigenvalue weighted by Crippen LogP contribution is -2.50. The molecule has 1 aliphatic heterocycles. The Hall–Kier alpha value is -2.65. The van der Waals surface area contributed by atoms with E-state index in [9.17, 15) is 13.2 Å². The average molecular weight is 500 g/mol. The molecule has 2 aromatic carbocycles. The van der Waals surface area contributed by atoms with Gasteiger partial charge in [0.2, 0.25) is 15.9 Å². The van der Waals surface area contributed by atoms with Gasteiger partial charge in [-0.05, 0) is 54.0 Å². The summed E-state index contributed by atoms with van der Waals surface area (Å²) in [5.41, 5.74) is 5.64. The van der Waals surface area contributed by atoms with Gasteiger partial charge in [0.15, 0.2) is 5.96 Å². The zero-order valence-corrected chi connectivity index (χ0v) is 21.0. The molecule has 1 aliphatic carbocycles. The van der Waals surface area contributed by atoms with Crippen LogP contribution >= 0.6 is 0 Å². The van der Waals surface area contributed by atoms with E-state index in [1.54, 1.807) is 18.2 Å². The number of nitrogens with zero attached hydrogens (tertiary/aromatic N) is 1. The molecule has 1 heterocycles. The molecule has 2 aromatic rings. The van der Waals surface area contributed by atoms with Crippen molar-refractivity contribution < 1.29 is 13.2 Å². The summed E-state index contributed by atoms with van der Waals surface area (Å²) in [7, 11) is -3.87. The number of piperidine rings is 1. The number of benzene rings is 2. The van der Waals surface area contributed by atoms with Gasteiger partial charge in [-0.2, -0.15) is 4.72 Å². The molecule has 190 valence electrons. The minimum Gasteiger partial charge on any atom is -0.370 e. The monoisotopic (exact) mass is 499 g/mol. The van der Waals surface area contributed by atoms with Crippen LogP contribution in [-0.4, -0.2) is 50.9 Å². The molecule has 2 fully saturated rings. The molecule has 2 atom stereocenters. The summed E-state index contributed by atoms with van der Waals surface area (Å²) in [4.78, 5) is 15.3. The number of carbonyl (C=O) groups excluding carboxylic acids is 1. The van der Waals surface area contributed by atoms with E-state index in [0.717, 1.165) is 55.8 Å². The van der Waals surface area contributed by atoms with Gasteiger partial charge in [0, 0.05) is 19.6 Å². The summed E-state index contributed by atoms with van der Waals surface area (Å²) in [6.45, 7) is 1.84. The third-order valence-corrected chi connectivity index (χ3v) is 8.83. The molecule has 5 N–H and O–H groups in total. The summed E-state index contributed by atoms with van der Waals surface area (Å²) >= 11 is 0. The first-order valence-electron chi connectivity index (χ1n) is 12.7. The van der Waals surface area contributed by atoms with E-state index in [0.29, 0.717) is 25.4 Å². The molecule has 35 heavy (non-hydrogen) atoms. The fourth-order valence-corrected chi connectivity index (χ4v) is 6.62. The van der Waals surface area contributed by atoms with Crippen LogP contribution < -0.4 is 15.8 Å². The quantitative estimate of drug-likeness (QED) is 0.328. The molecule has 2 aliphatic rings. The van der Waals surface area contributed by atoms with Crippen molar-refractivity contribution in [3.8, 4) is 0 Å². The second kappa shape index (κ2) is 11.4. The zero-order chi connectivity index (χ0) is 24.8. The lowest BCUT2D eigenvalue weighted by atomic mass is 9.85. The SMILES string of the molecule is N=C(N)N1CCCC(CNC(=O)[C@@H](CC2CCCCC2)NS(=O)(=O)c2ccc3ccccc3c2)C1. The van der Waals surface area contributed by atoms with E-state index in [2.05, 4.69) is 10.0 Å². The molecule has 1 saturated heterocycles. The summed E-state index contributed by atoms with van der Waals surface area (Å²) in [5.74, 6) is 0.296. The molecule has 8 nitrogen and oxygen atoms in total. The van der Waals surface area contributed by atoms with Crippen molar-refractivity contribution in [2.24, 2.45) is 17.6 Å². The number of likely N-dealkylation sites (tertiary alicyclic amines) is 1. The summed E-state index contributed by atoms with van der Waals surface area (Å²) in [5, 5.41) is 12.5. The number of hydrogen-bond acceptors (Lipinski definition) is 4. The first-order valence-corrected chi connectivity index (χ1v) is 14.2. The Bertz CT molecular complexity index is 1150. The molecule has 0 spiro atoms. The third kappa shape index (κ3) is 6.73. The predicted octanol–water partition coefficient (Wildman–Crippen LogP) is 3.18. The molecule has 9 heteroatoms. The Labute approximate surface area is 208 Å². The van der Waals surface area contributed by atoms with E-state index in [1.165, 1.54) is 6.42 Å². The maximum Gasteiger partial charge on any atom is 0.241 e. The number of nitrogens with one attached hydrogen (secondary N) is 3. The van der Waals surface area contributed by atoms with E-state index >= 15 is 0 Å². The Morgan fingerprint density at radius 3 is 2.49 bits per heavy atom. The van der Waals surface area contributed by atoms with E-state index in [1.807, 2.05) is 29.2 Å². The van der Waals surface area contributed by atoms with E-state index in [4.69, 9.17) is 11.1 Å². The van der Waals surface area contributed by atoms with Crippen LogP contribution in [-0.2, 0) is 14.8 Å². The van der Waals surface area contributed by atoms with Gasteiger partial charge in [0.25, 0.3) is 0 Å². The molecule has 4 rings (SSSR count). The second-order valence-corrected chi connectivity index (χ2v) is 11.7. The largest absolute Gasteiger partial charge is 0.370 e. The summed E-state index contributed by atoms with van der Waals surface area (Å²) in [6.07, 6.45) is 7.86. The van der Waals surface area contributed by atoms with E-state index in [-0.39, 0.29) is 22.7 Å². The van der Waals surface area contributed by atoms with Crippen molar-refractivity contribution in [3.05, 3.63) is 42.5 Å². The smallest absolute Gasteiger partial charge is 0.241 e. The third-order valence-electron chi connectivity index (χ3n) is 7.36. The maximum atomic E-state index is 13.3. The van der Waals surface area contributed by atoms with Crippen molar-refractivity contribution in [1.82, 2.24) is 14.9 Å². The van der Waals surface area contributed by atoms with Gasteiger partial charge in [0.05, 0.1) is 4.90 Å². The number of fused-ring (bicyclic) bond motifs is 1. The van der Waals surface area contributed by atoms with Crippen LogP contribution in [0.25, 0.3) is 10.8 Å². The molecular formula is C26H37N5O3S. The van der Waals surface area contributed by atoms with Gasteiger partial charge in [-0.3, -0.25) is 10.2 Å². The molecule has 1 saturated carbocycles. The van der Waals surface area contributed by atoms with Crippen molar-refractivity contribution in [3.63, 3.8) is 0 Å². The topological polar surface area (TPSA) is 128 Å². The first-order chi connectivity index (χ1) is 16.8. The second-order valence-electron chi connectivity index (χ2n) is 10.0. The number of guanidine groups is 1. The summed E-state index contributed by atoms with van der Waals surface area (Å²) in [6, 6.07) is 11.9. The number of rotatable bonds is 8. The number of nitrogens with two attached hydrogens (primary N) is 1. The van der Waals surface area contributed by atoms with Gasteiger partial charge in [-0.15, -0.1) is 0 Å². The van der Waals surface area contributed by atoms with Crippen LogP contribution in [0.15, 0.2) is 47.4 Å². The molecule has 1 amide bonds. The van der Waals surface area contributed by atoms with Crippen LogP contribution in [0.2, 0.25) is 0 Å². The summed E-state index contributed by atoms with van der Waals surface area (Å²) < 4.78 is 29.4. The van der Waals surface area contributed by atoms with Crippen LogP contribution in [0.1, 0.15) is 51.4 Å². The molecule has 0 radical (unpaired) electrons. The standard InChI is InChI=1S/C26H37N5O3S/c27-26(28)31-14-6-9-20(18-31)17-29-25(32)24(15-19-7-2-1-3-8-19)30-35(33,34)23-13-12-21-10-4-5-11-22(21)16-23/h4-5,10-13,16,19-20,24,30H,1-3,6-9,14-15,17-18H2,(H3,27,28)(H,29,32)/t20?,24-/m1/s1. The Morgan fingerprint density at radius 1 is 1.03 bits per heavy atom. The molecule has 0 bridgehead atoms. The molecular weight excluding hydrogens is 462 g/mol. The van der Waals surface area contributed by atoms with Gasteiger partial charge < -0.3 is 16.0 Å². The Kier molecular flexibility index (Phi) is 8.28. The van der Waals surface area contributed by atoms with Crippen LogP contribution in [0.5, 0.6) is 0 Å². The predicted molar refractivity (Wildman–Crippen MR) is 138 cm³/mol. The van der Waals surface area contributed by atoms with Gasteiger partial charge in [-0.1, -0.05) is 62.4 Å². The van der Waals surface area contributed by atoms with E-state index < -0.39 is 16.1 Å². The van der Waals surface area contributed by atoms with Gasteiger partial charge in [0.1, 0.15) is 6.04 Å². The number of carbonyl (C=O) groups is 1. The highest BCUT2D eigenvalue weighted by Gasteiger charge is 2.30. The Morgan fingerprint density at radius 2 is 1.74 bits per heavy atom. The zero-order valence-electron chi connectivity index (χ0n) is 20.2. The van der Waals surface area contributed by atoms with Gasteiger partial charge in [-0.25, -0.2) is 8.42 Å². The fourth-order valence-electron chi connectivity index (χ4n) is 5.37. The highest BCUT2D eigenvalue weighted by atomic mass is 32.2. The first kappa shape index (κ1) is 25.4. The van der Waals surface area contributed by atoms with Gasteiger partial charge >= 0.3 is 0 Å². The lowest BCUT2D eigenvalue weighted by Gasteiger charge is -2.33. The molecule has 0 aromatic heterocycles. The maximum absolute atomic E-state index is 13.3.